The Morgan fingerprint density at radius 2 is 1.94 bits per heavy atom. The topological polar surface area (TPSA) is 44.2 Å². The SMILES string of the molecule is Cc1ncnc(OCc2ccccc2)c1OP. The summed E-state index contributed by atoms with van der Waals surface area (Å²) in [4.78, 5) is 8.09. The number of aromatic nitrogens is 2. The molecule has 88 valence electrons. The molecular formula is C12H13N2O2P. The fourth-order valence-electron chi connectivity index (χ4n) is 1.40. The fourth-order valence-corrected chi connectivity index (χ4v) is 1.68. The van der Waals surface area contributed by atoms with Crippen molar-refractivity contribution in [3.8, 4) is 11.6 Å². The Labute approximate surface area is 102 Å². The van der Waals surface area contributed by atoms with Gasteiger partial charge in [-0.2, -0.15) is 4.98 Å². The van der Waals surface area contributed by atoms with Crippen molar-refractivity contribution in [1.29, 1.82) is 0 Å². The van der Waals surface area contributed by atoms with E-state index in [1.807, 2.05) is 37.3 Å². The first-order chi connectivity index (χ1) is 8.31. The highest BCUT2D eigenvalue weighted by atomic mass is 31.0. The van der Waals surface area contributed by atoms with E-state index in [9.17, 15) is 0 Å². The number of hydrogen-bond acceptors (Lipinski definition) is 4. The number of ether oxygens (including phenoxy) is 1. The van der Waals surface area contributed by atoms with Gasteiger partial charge in [0, 0.05) is 0 Å². The third-order valence-corrected chi connectivity index (χ3v) is 2.52. The molecule has 1 aromatic carbocycles. The normalized spacial score (nSPS) is 10.0. The van der Waals surface area contributed by atoms with Gasteiger partial charge in [-0.15, -0.1) is 0 Å². The van der Waals surface area contributed by atoms with E-state index in [-0.39, 0.29) is 0 Å². The van der Waals surface area contributed by atoms with Crippen molar-refractivity contribution in [2.24, 2.45) is 0 Å². The molecule has 0 aliphatic carbocycles. The van der Waals surface area contributed by atoms with E-state index >= 15 is 0 Å². The molecule has 17 heavy (non-hydrogen) atoms. The molecule has 2 aromatic rings. The minimum atomic E-state index is 0.455. The van der Waals surface area contributed by atoms with Crippen LogP contribution in [0.5, 0.6) is 11.6 Å². The average Bonchev–Trinajstić information content (AvgIpc) is 2.37. The molecule has 4 nitrogen and oxygen atoms in total. The van der Waals surface area contributed by atoms with Crippen LogP contribution in [0.2, 0.25) is 0 Å². The Kier molecular flexibility index (Phi) is 3.89. The van der Waals surface area contributed by atoms with Crippen LogP contribution in [0.4, 0.5) is 0 Å². The van der Waals surface area contributed by atoms with Gasteiger partial charge in [-0.3, -0.25) is 0 Å². The first-order valence-corrected chi connectivity index (χ1v) is 5.63. The van der Waals surface area contributed by atoms with E-state index in [1.165, 1.54) is 6.33 Å². The van der Waals surface area contributed by atoms with Gasteiger partial charge in [0.2, 0.25) is 5.75 Å². The average molecular weight is 248 g/mol. The van der Waals surface area contributed by atoms with Crippen LogP contribution in [0.1, 0.15) is 11.3 Å². The summed E-state index contributed by atoms with van der Waals surface area (Å²) in [6.45, 7) is 2.30. The van der Waals surface area contributed by atoms with Gasteiger partial charge in [0.25, 0.3) is 5.88 Å². The van der Waals surface area contributed by atoms with Crippen LogP contribution in [-0.2, 0) is 6.61 Å². The monoisotopic (exact) mass is 248 g/mol. The molecule has 0 amide bonds. The van der Waals surface area contributed by atoms with Crippen LogP contribution in [0.3, 0.4) is 0 Å². The van der Waals surface area contributed by atoms with E-state index in [1.54, 1.807) is 0 Å². The number of aryl methyl sites for hydroxylation is 1. The molecule has 1 atom stereocenters. The lowest BCUT2D eigenvalue weighted by molar-refractivity contribution is 0.284. The van der Waals surface area contributed by atoms with Crippen molar-refractivity contribution in [3.63, 3.8) is 0 Å². The lowest BCUT2D eigenvalue weighted by Crippen LogP contribution is -2.00. The molecule has 1 aromatic heterocycles. The molecule has 5 heteroatoms. The van der Waals surface area contributed by atoms with Crippen molar-refractivity contribution < 1.29 is 9.26 Å². The summed E-state index contributed by atoms with van der Waals surface area (Å²) in [5.74, 6) is 1.00. The highest BCUT2D eigenvalue weighted by Crippen LogP contribution is 2.28. The Bertz CT molecular complexity index is 491. The molecule has 0 spiro atoms. The summed E-state index contributed by atoms with van der Waals surface area (Å²) < 4.78 is 10.7. The molecule has 0 bridgehead atoms. The number of hydrogen-bond donors (Lipinski definition) is 0. The Morgan fingerprint density at radius 1 is 1.18 bits per heavy atom. The van der Waals surface area contributed by atoms with E-state index in [4.69, 9.17) is 9.26 Å². The summed E-state index contributed by atoms with van der Waals surface area (Å²) in [5, 5.41) is 0. The molecule has 2 rings (SSSR count). The molecule has 0 radical (unpaired) electrons. The van der Waals surface area contributed by atoms with Crippen molar-refractivity contribution in [3.05, 3.63) is 47.9 Å². The van der Waals surface area contributed by atoms with Crippen molar-refractivity contribution in [1.82, 2.24) is 9.97 Å². The van der Waals surface area contributed by atoms with Crippen LogP contribution in [0.15, 0.2) is 36.7 Å². The lowest BCUT2D eigenvalue weighted by Gasteiger charge is -2.10. The number of rotatable bonds is 4. The molecule has 0 aliphatic heterocycles. The minimum Gasteiger partial charge on any atom is -0.473 e. The summed E-state index contributed by atoms with van der Waals surface area (Å²) in [7, 11) is 2.18. The van der Waals surface area contributed by atoms with Gasteiger partial charge >= 0.3 is 0 Å². The van der Waals surface area contributed by atoms with Gasteiger partial charge < -0.3 is 9.26 Å². The first-order valence-electron chi connectivity index (χ1n) is 5.16. The zero-order valence-electron chi connectivity index (χ0n) is 9.46. The molecule has 0 saturated heterocycles. The van der Waals surface area contributed by atoms with Gasteiger partial charge in [-0.25, -0.2) is 4.98 Å². The smallest absolute Gasteiger partial charge is 0.261 e. The van der Waals surface area contributed by atoms with Crippen LogP contribution in [-0.4, -0.2) is 9.97 Å². The van der Waals surface area contributed by atoms with Crippen LogP contribution in [0.25, 0.3) is 0 Å². The largest absolute Gasteiger partial charge is 0.473 e. The van der Waals surface area contributed by atoms with Gasteiger partial charge in [-0.1, -0.05) is 30.3 Å². The zero-order valence-corrected chi connectivity index (χ0v) is 10.6. The molecule has 0 aliphatic rings. The third kappa shape index (κ3) is 2.92. The summed E-state index contributed by atoms with van der Waals surface area (Å²) in [6.07, 6.45) is 1.46. The molecule has 0 N–H and O–H groups in total. The summed E-state index contributed by atoms with van der Waals surface area (Å²) in [6, 6.07) is 9.90. The minimum absolute atomic E-state index is 0.455. The van der Waals surface area contributed by atoms with E-state index in [2.05, 4.69) is 19.4 Å². The van der Waals surface area contributed by atoms with E-state index in [0.29, 0.717) is 18.2 Å². The summed E-state index contributed by atoms with van der Waals surface area (Å²) >= 11 is 0. The first kappa shape index (κ1) is 11.8. The molecule has 0 saturated carbocycles. The standard InChI is InChI=1S/C12H13N2O2P/c1-9-11(16-17)12(14-8-13-9)15-7-10-5-3-2-4-6-10/h2-6,8H,7,17H2,1H3. The predicted octanol–water partition coefficient (Wildman–Crippen LogP) is 2.53. The zero-order chi connectivity index (χ0) is 12.1. The highest BCUT2D eigenvalue weighted by molar-refractivity contribution is 7.10. The molecule has 1 heterocycles. The molecular weight excluding hydrogens is 235 g/mol. The Morgan fingerprint density at radius 3 is 2.65 bits per heavy atom. The molecule has 1 unspecified atom stereocenters. The van der Waals surface area contributed by atoms with Crippen LogP contribution in [0, 0.1) is 6.92 Å². The van der Waals surface area contributed by atoms with Crippen molar-refractivity contribution in [2.75, 3.05) is 0 Å². The maximum Gasteiger partial charge on any atom is 0.261 e. The number of benzene rings is 1. The second-order valence-electron chi connectivity index (χ2n) is 3.49. The maximum atomic E-state index is 5.61. The molecule has 0 fully saturated rings. The van der Waals surface area contributed by atoms with Gasteiger partial charge in [0.1, 0.15) is 12.9 Å². The van der Waals surface area contributed by atoms with Gasteiger partial charge in [0.05, 0.1) is 15.2 Å². The maximum absolute atomic E-state index is 5.61. The van der Waals surface area contributed by atoms with Crippen molar-refractivity contribution in [2.45, 2.75) is 13.5 Å². The lowest BCUT2D eigenvalue weighted by atomic mass is 10.2. The van der Waals surface area contributed by atoms with E-state index in [0.717, 1.165) is 11.3 Å². The fraction of sp³-hybridized carbons (Fsp3) is 0.167. The van der Waals surface area contributed by atoms with Crippen molar-refractivity contribution >= 4 is 9.47 Å². The second-order valence-corrected chi connectivity index (χ2v) is 3.72. The summed E-state index contributed by atoms with van der Waals surface area (Å²) in [5.41, 5.74) is 1.83. The van der Waals surface area contributed by atoms with Gasteiger partial charge in [-0.05, 0) is 12.5 Å². The third-order valence-electron chi connectivity index (χ3n) is 2.29. The Balaban J connectivity index is 2.12. The number of nitrogens with zero attached hydrogens (tertiary/aromatic N) is 2. The van der Waals surface area contributed by atoms with E-state index < -0.39 is 0 Å². The quantitative estimate of drug-likeness (QED) is 0.780. The Hall–Kier alpha value is -1.67. The van der Waals surface area contributed by atoms with Gasteiger partial charge in [0.15, 0.2) is 0 Å². The van der Waals surface area contributed by atoms with Crippen LogP contribution >= 0.6 is 9.47 Å². The predicted molar refractivity (Wildman–Crippen MR) is 67.9 cm³/mol. The van der Waals surface area contributed by atoms with Crippen LogP contribution < -0.4 is 9.26 Å². The highest BCUT2D eigenvalue weighted by Gasteiger charge is 2.09. The second kappa shape index (κ2) is 5.60.